The van der Waals surface area contributed by atoms with Crippen LogP contribution in [-0.4, -0.2) is 36.8 Å². The van der Waals surface area contributed by atoms with Crippen LogP contribution in [0.3, 0.4) is 0 Å². The zero-order valence-electron chi connectivity index (χ0n) is 13.8. The molecule has 1 aliphatic heterocycles. The first kappa shape index (κ1) is 16.7. The maximum absolute atomic E-state index is 5.73. The first-order valence-electron chi connectivity index (χ1n) is 8.22. The lowest BCUT2D eigenvalue weighted by Crippen LogP contribution is -2.37. The highest BCUT2D eigenvalue weighted by Crippen LogP contribution is 2.29. The molecular weight excluding hydrogens is 282 g/mol. The summed E-state index contributed by atoms with van der Waals surface area (Å²) in [6.45, 7) is 12.5. The van der Waals surface area contributed by atoms with Crippen molar-refractivity contribution in [2.24, 2.45) is 0 Å². The van der Waals surface area contributed by atoms with E-state index in [1.165, 1.54) is 15.7 Å². The number of aromatic nitrogens is 1. The van der Waals surface area contributed by atoms with Crippen LogP contribution in [0.5, 0.6) is 0 Å². The molecule has 2 heterocycles. The van der Waals surface area contributed by atoms with Gasteiger partial charge in [-0.05, 0) is 26.2 Å². The maximum Gasteiger partial charge on any atom is 0.185 e. The van der Waals surface area contributed by atoms with Crippen LogP contribution in [0, 0.1) is 0 Å². The van der Waals surface area contributed by atoms with E-state index in [1.807, 2.05) is 11.3 Å². The summed E-state index contributed by atoms with van der Waals surface area (Å²) in [6.07, 6.45) is 3.70. The molecule has 1 N–H and O–H groups in total. The second-order valence-electron chi connectivity index (χ2n) is 5.90. The summed E-state index contributed by atoms with van der Waals surface area (Å²) in [6, 6.07) is 0.516. The molecule has 1 fully saturated rings. The van der Waals surface area contributed by atoms with Gasteiger partial charge in [0, 0.05) is 37.2 Å². The molecule has 120 valence electrons. The summed E-state index contributed by atoms with van der Waals surface area (Å²) in [4.78, 5) is 8.69. The lowest BCUT2D eigenvalue weighted by Gasteiger charge is -2.31. The third-order valence-corrected chi connectivity index (χ3v) is 5.05. The number of thiazole rings is 1. The highest BCUT2D eigenvalue weighted by atomic mass is 32.1. The number of ether oxygens (including phenoxy) is 1. The quantitative estimate of drug-likeness (QED) is 0.839. The lowest BCUT2D eigenvalue weighted by molar-refractivity contribution is 0.0459. The molecule has 21 heavy (non-hydrogen) atoms. The van der Waals surface area contributed by atoms with Crippen LogP contribution < -0.4 is 10.2 Å². The van der Waals surface area contributed by atoms with E-state index in [0.29, 0.717) is 12.1 Å². The minimum atomic E-state index is 0.443. The SMILES string of the molecule is CCOC1CCN(c2nc(CC)c(CNC(C)C)s2)CC1. The summed E-state index contributed by atoms with van der Waals surface area (Å²) < 4.78 is 5.73. The molecule has 1 saturated heterocycles. The van der Waals surface area contributed by atoms with Gasteiger partial charge in [-0.25, -0.2) is 4.98 Å². The van der Waals surface area contributed by atoms with E-state index in [4.69, 9.17) is 9.72 Å². The summed E-state index contributed by atoms with van der Waals surface area (Å²) in [5.41, 5.74) is 1.26. The zero-order valence-corrected chi connectivity index (χ0v) is 14.6. The van der Waals surface area contributed by atoms with E-state index in [1.54, 1.807) is 0 Å². The molecule has 0 unspecified atom stereocenters. The molecular formula is C16H29N3OS. The van der Waals surface area contributed by atoms with Gasteiger partial charge in [0.25, 0.3) is 0 Å². The second kappa shape index (κ2) is 8.11. The Morgan fingerprint density at radius 2 is 2.05 bits per heavy atom. The molecule has 0 aliphatic carbocycles. The van der Waals surface area contributed by atoms with Crippen LogP contribution in [0.15, 0.2) is 0 Å². The third kappa shape index (κ3) is 4.66. The fourth-order valence-corrected chi connectivity index (χ4v) is 3.82. The van der Waals surface area contributed by atoms with Gasteiger partial charge in [0.1, 0.15) is 0 Å². The number of nitrogens with zero attached hydrogens (tertiary/aromatic N) is 2. The van der Waals surface area contributed by atoms with Gasteiger partial charge in [0.15, 0.2) is 5.13 Å². The summed E-state index contributed by atoms with van der Waals surface area (Å²) in [5.74, 6) is 0. The molecule has 1 aliphatic rings. The van der Waals surface area contributed by atoms with Crippen LogP contribution in [-0.2, 0) is 17.7 Å². The van der Waals surface area contributed by atoms with Gasteiger partial charge >= 0.3 is 0 Å². The van der Waals surface area contributed by atoms with Gasteiger partial charge < -0.3 is 15.0 Å². The van der Waals surface area contributed by atoms with Crippen LogP contribution in [0.4, 0.5) is 5.13 Å². The molecule has 0 aromatic carbocycles. The van der Waals surface area contributed by atoms with Crippen LogP contribution >= 0.6 is 11.3 Å². The fraction of sp³-hybridized carbons (Fsp3) is 0.812. The fourth-order valence-electron chi connectivity index (χ4n) is 2.67. The molecule has 1 aromatic rings. The molecule has 0 bridgehead atoms. The average Bonchev–Trinajstić information content (AvgIpc) is 2.89. The molecule has 1 aromatic heterocycles. The highest BCUT2D eigenvalue weighted by molar-refractivity contribution is 7.15. The minimum absolute atomic E-state index is 0.443. The molecule has 0 spiro atoms. The molecule has 0 saturated carbocycles. The van der Waals surface area contributed by atoms with E-state index >= 15 is 0 Å². The Morgan fingerprint density at radius 1 is 1.33 bits per heavy atom. The molecule has 0 amide bonds. The summed E-state index contributed by atoms with van der Waals surface area (Å²) in [7, 11) is 0. The Balaban J connectivity index is 1.97. The monoisotopic (exact) mass is 311 g/mol. The largest absolute Gasteiger partial charge is 0.378 e. The van der Waals surface area contributed by atoms with Gasteiger partial charge in [-0.1, -0.05) is 20.8 Å². The number of anilines is 1. The molecule has 5 heteroatoms. The van der Waals surface area contributed by atoms with E-state index < -0.39 is 0 Å². The number of piperidine rings is 1. The Labute approximate surface area is 132 Å². The van der Waals surface area contributed by atoms with Crippen molar-refractivity contribution in [2.75, 3.05) is 24.6 Å². The predicted molar refractivity (Wildman–Crippen MR) is 90.3 cm³/mol. The Bertz CT molecular complexity index is 425. The Hall–Kier alpha value is -0.650. The van der Waals surface area contributed by atoms with E-state index in [2.05, 4.69) is 37.9 Å². The second-order valence-corrected chi connectivity index (χ2v) is 6.96. The van der Waals surface area contributed by atoms with Gasteiger partial charge in [0.05, 0.1) is 11.8 Å². The number of aryl methyl sites for hydroxylation is 1. The van der Waals surface area contributed by atoms with Crippen LogP contribution in [0.1, 0.15) is 51.1 Å². The van der Waals surface area contributed by atoms with Gasteiger partial charge in [-0.2, -0.15) is 0 Å². The molecule has 0 radical (unpaired) electrons. The maximum atomic E-state index is 5.73. The predicted octanol–water partition coefficient (Wildman–Crippen LogP) is 3.21. The highest BCUT2D eigenvalue weighted by Gasteiger charge is 2.22. The van der Waals surface area contributed by atoms with Crippen molar-refractivity contribution in [2.45, 2.75) is 65.6 Å². The number of rotatable bonds is 7. The first-order valence-corrected chi connectivity index (χ1v) is 9.04. The van der Waals surface area contributed by atoms with Crippen LogP contribution in [0.25, 0.3) is 0 Å². The molecule has 4 nitrogen and oxygen atoms in total. The van der Waals surface area contributed by atoms with Crippen molar-refractivity contribution in [3.8, 4) is 0 Å². The van der Waals surface area contributed by atoms with Crippen molar-refractivity contribution in [1.82, 2.24) is 10.3 Å². The normalized spacial score (nSPS) is 16.9. The summed E-state index contributed by atoms with van der Waals surface area (Å²) >= 11 is 1.86. The number of nitrogens with one attached hydrogen (secondary N) is 1. The number of hydrogen-bond donors (Lipinski definition) is 1. The first-order chi connectivity index (χ1) is 10.1. The summed E-state index contributed by atoms with van der Waals surface area (Å²) in [5, 5.41) is 4.71. The van der Waals surface area contributed by atoms with Gasteiger partial charge in [0.2, 0.25) is 0 Å². The van der Waals surface area contributed by atoms with E-state index in [0.717, 1.165) is 45.5 Å². The zero-order chi connectivity index (χ0) is 15.2. The van der Waals surface area contributed by atoms with Crippen molar-refractivity contribution in [3.63, 3.8) is 0 Å². The van der Waals surface area contributed by atoms with E-state index in [9.17, 15) is 0 Å². The molecule has 2 rings (SSSR count). The Morgan fingerprint density at radius 3 is 2.62 bits per heavy atom. The van der Waals surface area contributed by atoms with Crippen molar-refractivity contribution < 1.29 is 4.74 Å². The van der Waals surface area contributed by atoms with E-state index in [-0.39, 0.29) is 0 Å². The van der Waals surface area contributed by atoms with Crippen molar-refractivity contribution in [3.05, 3.63) is 10.6 Å². The molecule has 0 atom stereocenters. The third-order valence-electron chi connectivity index (χ3n) is 3.89. The topological polar surface area (TPSA) is 37.4 Å². The van der Waals surface area contributed by atoms with Gasteiger partial charge in [-0.3, -0.25) is 0 Å². The number of hydrogen-bond acceptors (Lipinski definition) is 5. The standard InChI is InChI=1S/C16H29N3OS/c1-5-14-15(11-17-12(3)4)21-16(18-14)19-9-7-13(8-10-19)20-6-2/h12-13,17H,5-11H2,1-4H3. The van der Waals surface area contributed by atoms with Gasteiger partial charge in [-0.15, -0.1) is 11.3 Å². The van der Waals surface area contributed by atoms with Crippen molar-refractivity contribution in [1.29, 1.82) is 0 Å². The smallest absolute Gasteiger partial charge is 0.185 e. The van der Waals surface area contributed by atoms with Crippen molar-refractivity contribution >= 4 is 16.5 Å². The Kier molecular flexibility index (Phi) is 6.45. The average molecular weight is 311 g/mol. The minimum Gasteiger partial charge on any atom is -0.378 e. The van der Waals surface area contributed by atoms with Crippen LogP contribution in [0.2, 0.25) is 0 Å². The lowest BCUT2D eigenvalue weighted by atomic mass is 10.1.